The fourth-order valence-electron chi connectivity index (χ4n) is 1.16. The van der Waals surface area contributed by atoms with Crippen molar-refractivity contribution in [1.29, 1.82) is 0 Å². The minimum absolute atomic E-state index is 0.486. The van der Waals surface area contributed by atoms with E-state index in [1.54, 1.807) is 0 Å². The third-order valence-electron chi connectivity index (χ3n) is 1.88. The maximum Gasteiger partial charge on any atom is 0.156 e. The first kappa shape index (κ1) is 12.6. The maximum atomic E-state index is 5.41. The highest BCUT2D eigenvalue weighted by molar-refractivity contribution is 14.1. The summed E-state index contributed by atoms with van der Waals surface area (Å²) in [7, 11) is 1.86. The van der Waals surface area contributed by atoms with E-state index in [9.17, 15) is 0 Å². The summed E-state index contributed by atoms with van der Waals surface area (Å²) in [6.07, 6.45) is 1.02. The van der Waals surface area contributed by atoms with E-state index in [0.717, 1.165) is 33.9 Å². The van der Waals surface area contributed by atoms with Gasteiger partial charge < -0.3 is 10.1 Å². The molecule has 0 aromatic carbocycles. The summed E-state index contributed by atoms with van der Waals surface area (Å²) >= 11 is 2.24. The van der Waals surface area contributed by atoms with Gasteiger partial charge in [-0.05, 0) is 35.9 Å². The molecular weight excluding hydrogens is 305 g/mol. The van der Waals surface area contributed by atoms with Crippen molar-refractivity contribution in [1.82, 2.24) is 9.97 Å². The van der Waals surface area contributed by atoms with Crippen LogP contribution in [0.2, 0.25) is 0 Å². The van der Waals surface area contributed by atoms with Crippen LogP contribution in [0.4, 0.5) is 5.82 Å². The molecule has 84 valence electrons. The number of anilines is 1. The first-order valence-corrected chi connectivity index (χ1v) is 6.05. The smallest absolute Gasteiger partial charge is 0.156 e. The molecule has 4 nitrogen and oxygen atoms in total. The summed E-state index contributed by atoms with van der Waals surface area (Å²) in [5, 5.41) is 3.05. The monoisotopic (exact) mass is 321 g/mol. The van der Waals surface area contributed by atoms with Gasteiger partial charge in [0.15, 0.2) is 5.82 Å². The summed E-state index contributed by atoms with van der Waals surface area (Å²) in [4.78, 5) is 8.74. The van der Waals surface area contributed by atoms with Crippen LogP contribution in [-0.2, 0) is 11.3 Å². The second-order valence-corrected chi connectivity index (χ2v) is 4.27. The number of ether oxygens (including phenoxy) is 1. The van der Waals surface area contributed by atoms with Crippen LogP contribution in [-0.4, -0.2) is 23.6 Å². The van der Waals surface area contributed by atoms with E-state index in [2.05, 4.69) is 44.8 Å². The molecule has 5 heteroatoms. The van der Waals surface area contributed by atoms with E-state index in [0.29, 0.717) is 6.61 Å². The van der Waals surface area contributed by atoms with Crippen LogP contribution < -0.4 is 5.32 Å². The third kappa shape index (κ3) is 3.57. The molecule has 0 spiro atoms. The van der Waals surface area contributed by atoms with Gasteiger partial charge in [-0.25, -0.2) is 9.97 Å². The fraction of sp³-hybridized carbons (Fsp3) is 0.600. The van der Waals surface area contributed by atoms with E-state index in [1.165, 1.54) is 0 Å². The van der Waals surface area contributed by atoms with E-state index in [1.807, 2.05) is 14.0 Å². The van der Waals surface area contributed by atoms with E-state index in [-0.39, 0.29) is 0 Å². The Hall–Kier alpha value is -0.430. The molecule has 0 bridgehead atoms. The van der Waals surface area contributed by atoms with Crippen molar-refractivity contribution >= 4 is 28.4 Å². The Morgan fingerprint density at radius 3 is 2.73 bits per heavy atom. The highest BCUT2D eigenvalue weighted by Gasteiger charge is 2.07. The van der Waals surface area contributed by atoms with Gasteiger partial charge in [0.05, 0.1) is 9.26 Å². The average Bonchev–Trinajstić information content (AvgIpc) is 2.23. The highest BCUT2D eigenvalue weighted by Crippen LogP contribution is 2.18. The van der Waals surface area contributed by atoms with Crippen molar-refractivity contribution in [2.45, 2.75) is 26.9 Å². The molecule has 0 saturated heterocycles. The molecule has 0 saturated carbocycles. The Morgan fingerprint density at radius 2 is 2.13 bits per heavy atom. The Morgan fingerprint density at radius 1 is 1.40 bits per heavy atom. The van der Waals surface area contributed by atoms with Crippen molar-refractivity contribution in [3.05, 3.63) is 15.1 Å². The number of rotatable bonds is 5. The van der Waals surface area contributed by atoms with Crippen LogP contribution in [0.25, 0.3) is 0 Å². The van der Waals surface area contributed by atoms with E-state index in [4.69, 9.17) is 4.74 Å². The molecule has 0 aliphatic heterocycles. The summed E-state index contributed by atoms with van der Waals surface area (Å²) in [5.41, 5.74) is 0.991. The summed E-state index contributed by atoms with van der Waals surface area (Å²) in [5.74, 6) is 1.61. The summed E-state index contributed by atoms with van der Waals surface area (Å²) < 4.78 is 6.47. The second kappa shape index (κ2) is 6.22. The zero-order valence-corrected chi connectivity index (χ0v) is 11.5. The van der Waals surface area contributed by atoms with Gasteiger partial charge in [0.2, 0.25) is 0 Å². The van der Waals surface area contributed by atoms with Gasteiger partial charge in [-0.3, -0.25) is 0 Å². The van der Waals surface area contributed by atoms with Crippen molar-refractivity contribution in [3.8, 4) is 0 Å². The summed E-state index contributed by atoms with van der Waals surface area (Å²) in [6.45, 7) is 5.30. The van der Waals surface area contributed by atoms with Gasteiger partial charge in [-0.1, -0.05) is 6.92 Å². The standard InChI is InChI=1S/C10H16IN3O/c1-4-5-15-6-8-13-7(2)9(11)10(12-3)14-8/h4-6H2,1-3H3,(H,12,13,14). The first-order chi connectivity index (χ1) is 7.19. The highest BCUT2D eigenvalue weighted by atomic mass is 127. The molecule has 0 fully saturated rings. The number of hydrogen-bond donors (Lipinski definition) is 1. The molecule has 0 aliphatic rings. The largest absolute Gasteiger partial charge is 0.373 e. The molecule has 0 amide bonds. The normalized spacial score (nSPS) is 10.4. The van der Waals surface area contributed by atoms with Gasteiger partial charge >= 0.3 is 0 Å². The fourth-order valence-corrected chi connectivity index (χ4v) is 1.67. The van der Waals surface area contributed by atoms with Gasteiger partial charge in [-0.15, -0.1) is 0 Å². The Balaban J connectivity index is 2.77. The lowest BCUT2D eigenvalue weighted by Gasteiger charge is -2.08. The van der Waals surface area contributed by atoms with Gasteiger partial charge in [0.1, 0.15) is 12.4 Å². The molecule has 1 N–H and O–H groups in total. The van der Waals surface area contributed by atoms with Gasteiger partial charge in [0, 0.05) is 13.7 Å². The molecule has 0 unspecified atom stereocenters. The molecule has 0 radical (unpaired) electrons. The predicted octanol–water partition coefficient (Wildman–Crippen LogP) is 2.36. The number of aryl methyl sites for hydroxylation is 1. The van der Waals surface area contributed by atoms with Crippen LogP contribution >= 0.6 is 22.6 Å². The predicted molar refractivity (Wildman–Crippen MR) is 69.0 cm³/mol. The quantitative estimate of drug-likeness (QED) is 0.668. The van der Waals surface area contributed by atoms with E-state index >= 15 is 0 Å². The Labute approximate surface area is 104 Å². The topological polar surface area (TPSA) is 47.0 Å². The lowest BCUT2D eigenvalue weighted by Crippen LogP contribution is -2.07. The van der Waals surface area contributed by atoms with Crippen LogP contribution in [0.3, 0.4) is 0 Å². The lowest BCUT2D eigenvalue weighted by atomic mass is 10.4. The molecule has 1 rings (SSSR count). The molecule has 0 aliphatic carbocycles. The molecule has 1 aromatic rings. The minimum Gasteiger partial charge on any atom is -0.373 e. The summed E-state index contributed by atoms with van der Waals surface area (Å²) in [6, 6.07) is 0. The zero-order chi connectivity index (χ0) is 11.3. The van der Waals surface area contributed by atoms with Gasteiger partial charge in [0.25, 0.3) is 0 Å². The first-order valence-electron chi connectivity index (χ1n) is 4.97. The number of nitrogens with zero attached hydrogens (tertiary/aromatic N) is 2. The number of aromatic nitrogens is 2. The van der Waals surface area contributed by atoms with E-state index < -0.39 is 0 Å². The van der Waals surface area contributed by atoms with Crippen molar-refractivity contribution in [3.63, 3.8) is 0 Å². The molecule has 15 heavy (non-hydrogen) atoms. The number of halogens is 1. The van der Waals surface area contributed by atoms with Crippen LogP contribution in [0.15, 0.2) is 0 Å². The zero-order valence-electron chi connectivity index (χ0n) is 9.30. The SMILES string of the molecule is CCCOCc1nc(C)c(I)c(NC)n1. The van der Waals surface area contributed by atoms with Gasteiger partial charge in [-0.2, -0.15) is 0 Å². The molecule has 1 heterocycles. The molecule has 1 aromatic heterocycles. The van der Waals surface area contributed by atoms with Crippen molar-refractivity contribution in [2.24, 2.45) is 0 Å². The molecule has 0 atom stereocenters. The lowest BCUT2D eigenvalue weighted by molar-refractivity contribution is 0.116. The second-order valence-electron chi connectivity index (χ2n) is 3.19. The van der Waals surface area contributed by atoms with Crippen LogP contribution in [0, 0.1) is 10.5 Å². The average molecular weight is 321 g/mol. The number of hydrogen-bond acceptors (Lipinski definition) is 4. The Kier molecular flexibility index (Phi) is 5.24. The van der Waals surface area contributed by atoms with Crippen LogP contribution in [0.1, 0.15) is 24.9 Å². The van der Waals surface area contributed by atoms with Crippen molar-refractivity contribution < 1.29 is 4.74 Å². The minimum atomic E-state index is 0.486. The Bertz CT molecular complexity index is 331. The maximum absolute atomic E-state index is 5.41. The van der Waals surface area contributed by atoms with Crippen LogP contribution in [0.5, 0.6) is 0 Å². The van der Waals surface area contributed by atoms with Crippen molar-refractivity contribution in [2.75, 3.05) is 19.0 Å². The molecular formula is C10H16IN3O. The number of nitrogens with one attached hydrogen (secondary N) is 1. The third-order valence-corrected chi connectivity index (χ3v) is 3.17.